The molecule has 0 spiro atoms. The molecule has 3 fully saturated rings. The summed E-state index contributed by atoms with van der Waals surface area (Å²) in [5.74, 6) is -0.292. The van der Waals surface area contributed by atoms with Gasteiger partial charge in [-0.2, -0.15) is 0 Å². The molecule has 1 amide bonds. The number of amides is 1. The van der Waals surface area contributed by atoms with Crippen molar-refractivity contribution in [2.75, 3.05) is 26.4 Å². The molecule has 0 aromatic heterocycles. The van der Waals surface area contributed by atoms with Crippen LogP contribution in [0.3, 0.4) is 0 Å². The molecule has 0 aromatic carbocycles. The van der Waals surface area contributed by atoms with Crippen LogP contribution in [0, 0.1) is 0 Å². The van der Waals surface area contributed by atoms with Crippen molar-refractivity contribution in [2.45, 2.75) is 336 Å². The first-order valence-electron chi connectivity index (χ1n) is 33.4. The van der Waals surface area contributed by atoms with Gasteiger partial charge in [0.05, 0.1) is 38.6 Å². The molecule has 3 heterocycles. The first-order valence-corrected chi connectivity index (χ1v) is 33.4. The molecule has 0 saturated carbocycles. The minimum absolute atomic E-state index is 0.229. The first-order chi connectivity index (χ1) is 41.3. The molecule has 3 aliphatic rings. The van der Waals surface area contributed by atoms with Crippen LogP contribution in [0.4, 0.5) is 0 Å². The second kappa shape index (κ2) is 48.6. The van der Waals surface area contributed by atoms with E-state index < -0.39 is 124 Å². The molecule has 17 unspecified atom stereocenters. The average molecular weight is 1210 g/mol. The Morgan fingerprint density at radius 3 is 1.18 bits per heavy atom. The van der Waals surface area contributed by atoms with Crippen molar-refractivity contribution < 1.29 is 89.4 Å². The molecule has 0 aliphatic carbocycles. The predicted molar refractivity (Wildman–Crippen MR) is 328 cm³/mol. The zero-order chi connectivity index (χ0) is 61.9. The largest absolute Gasteiger partial charge is 0.394 e. The van der Waals surface area contributed by atoms with Crippen LogP contribution in [-0.4, -0.2) is 193 Å². The van der Waals surface area contributed by atoms with Crippen LogP contribution in [-0.2, 0) is 33.2 Å². The minimum atomic E-state index is -1.98. The molecule has 19 heteroatoms. The standard InChI is InChI=1S/C66H119NO18/c1-3-5-7-9-11-13-15-17-19-21-23-24-26-28-30-32-34-36-38-40-42-44-54(72)67-49(50(71)43-41-39-37-35-33-31-29-27-25-22-20-18-16-14-12-10-8-6-4-2)48-80-64-60(78)57(75)62(52(46-69)82-64)85-66-61(79)58(76)63(53(47-70)83-66)84-65-59(77)56(74)55(73)51(45-68)81-65/h21,23,25,27,33,35,41,43,49-53,55-66,68-71,73-79H,3-20,22,24,26,28-32,34,36-40,42,44-48H2,1-2H3,(H,67,72)/b23-21-,27-25+,35-33+,43-41+. The van der Waals surface area contributed by atoms with Crippen LogP contribution < -0.4 is 5.32 Å². The molecule has 85 heavy (non-hydrogen) atoms. The highest BCUT2D eigenvalue weighted by Crippen LogP contribution is 2.33. The Morgan fingerprint density at radius 1 is 0.412 bits per heavy atom. The molecule has 0 aromatic rings. The third-order valence-electron chi connectivity index (χ3n) is 16.6. The van der Waals surface area contributed by atoms with Crippen LogP contribution in [0.1, 0.15) is 232 Å². The summed E-state index contributed by atoms with van der Waals surface area (Å²) in [6, 6.07) is -0.998. The molecule has 496 valence electrons. The number of aliphatic hydroxyl groups is 11. The molecule has 0 bridgehead atoms. The quantitative estimate of drug-likeness (QED) is 0.0204. The molecular formula is C66H119NO18. The summed E-state index contributed by atoms with van der Waals surface area (Å²) in [7, 11) is 0. The number of unbranched alkanes of at least 4 members (excludes halogenated alkanes) is 28. The zero-order valence-corrected chi connectivity index (χ0v) is 52.1. The number of nitrogens with one attached hydrogen (secondary N) is 1. The zero-order valence-electron chi connectivity index (χ0n) is 52.1. The van der Waals surface area contributed by atoms with Crippen LogP contribution in [0.15, 0.2) is 48.6 Å². The van der Waals surface area contributed by atoms with Gasteiger partial charge in [-0.3, -0.25) is 4.79 Å². The van der Waals surface area contributed by atoms with E-state index in [4.69, 9.17) is 28.4 Å². The van der Waals surface area contributed by atoms with E-state index in [0.29, 0.717) is 12.8 Å². The summed E-state index contributed by atoms with van der Waals surface area (Å²) in [6.45, 7) is 1.71. The van der Waals surface area contributed by atoms with Gasteiger partial charge < -0.3 is 89.9 Å². The summed E-state index contributed by atoms with van der Waals surface area (Å²) >= 11 is 0. The second-order valence-corrected chi connectivity index (χ2v) is 23.9. The van der Waals surface area contributed by atoms with E-state index in [1.54, 1.807) is 6.08 Å². The first kappa shape index (κ1) is 77.0. The number of ether oxygens (including phenoxy) is 6. The smallest absolute Gasteiger partial charge is 0.220 e. The Bertz CT molecular complexity index is 1740. The monoisotopic (exact) mass is 1210 g/mol. The highest BCUT2D eigenvalue weighted by molar-refractivity contribution is 5.76. The summed E-state index contributed by atoms with van der Waals surface area (Å²) in [5, 5.41) is 120. The number of aliphatic hydroxyl groups excluding tert-OH is 11. The summed E-state index contributed by atoms with van der Waals surface area (Å²) in [6.07, 6.45) is 29.4. The van der Waals surface area contributed by atoms with E-state index in [2.05, 4.69) is 55.6 Å². The van der Waals surface area contributed by atoms with Gasteiger partial charge in [0.25, 0.3) is 0 Å². The fraction of sp³-hybridized carbons (Fsp3) is 0.864. The Hall–Kier alpha value is -2.25. The number of hydrogen-bond acceptors (Lipinski definition) is 18. The van der Waals surface area contributed by atoms with Crippen molar-refractivity contribution in [1.82, 2.24) is 5.32 Å². The number of allylic oxidation sites excluding steroid dienone is 7. The van der Waals surface area contributed by atoms with Gasteiger partial charge in [-0.25, -0.2) is 0 Å². The number of carbonyl (C=O) groups is 1. The van der Waals surface area contributed by atoms with Gasteiger partial charge in [0.2, 0.25) is 5.91 Å². The predicted octanol–water partition coefficient (Wildman–Crippen LogP) is 7.83. The van der Waals surface area contributed by atoms with Crippen molar-refractivity contribution >= 4 is 5.91 Å². The summed E-state index contributed by atoms with van der Waals surface area (Å²) in [4.78, 5) is 13.4. The van der Waals surface area contributed by atoms with Crippen molar-refractivity contribution in [2.24, 2.45) is 0 Å². The molecule has 17 atom stereocenters. The maximum Gasteiger partial charge on any atom is 0.220 e. The van der Waals surface area contributed by atoms with E-state index >= 15 is 0 Å². The lowest BCUT2D eigenvalue weighted by Crippen LogP contribution is -2.66. The lowest BCUT2D eigenvalue weighted by Gasteiger charge is -2.48. The van der Waals surface area contributed by atoms with Crippen molar-refractivity contribution in [1.29, 1.82) is 0 Å². The summed E-state index contributed by atoms with van der Waals surface area (Å²) in [5.41, 5.74) is 0. The van der Waals surface area contributed by atoms with E-state index in [9.17, 15) is 61.0 Å². The molecule has 0 radical (unpaired) electrons. The van der Waals surface area contributed by atoms with Crippen LogP contribution in [0.2, 0.25) is 0 Å². The van der Waals surface area contributed by atoms with Gasteiger partial charge in [-0.1, -0.05) is 204 Å². The Kier molecular flexibility index (Phi) is 44.0. The van der Waals surface area contributed by atoms with E-state index in [-0.39, 0.29) is 18.9 Å². The maximum atomic E-state index is 13.4. The van der Waals surface area contributed by atoms with Gasteiger partial charge in [-0.15, -0.1) is 0 Å². The molecule has 19 nitrogen and oxygen atoms in total. The SMILES string of the molecule is CCCCCCCCCC/C=C\CCCCCCCCCCCC(=O)NC(COC1OC(CO)C(OC2OC(CO)C(OC3OC(CO)C(O)C(O)C3O)C(O)C2O)C(O)C1O)C(O)/C=C/CC/C=C/CC/C=C/CCCCCCCCCCC. The van der Waals surface area contributed by atoms with E-state index in [0.717, 1.165) is 57.8 Å². The topological polar surface area (TPSA) is 307 Å². The normalized spacial score (nSPS) is 29.3. The van der Waals surface area contributed by atoms with Crippen LogP contribution in [0.25, 0.3) is 0 Å². The fourth-order valence-corrected chi connectivity index (χ4v) is 11.1. The molecule has 3 saturated heterocycles. The molecule has 3 rings (SSSR count). The number of rotatable bonds is 50. The van der Waals surface area contributed by atoms with E-state index in [1.807, 2.05) is 6.08 Å². The Labute approximate surface area is 510 Å². The average Bonchev–Trinajstić information content (AvgIpc) is 3.10. The molecular weight excluding hydrogens is 1090 g/mol. The minimum Gasteiger partial charge on any atom is -0.394 e. The van der Waals surface area contributed by atoms with Gasteiger partial charge >= 0.3 is 0 Å². The highest BCUT2D eigenvalue weighted by Gasteiger charge is 2.53. The van der Waals surface area contributed by atoms with Crippen molar-refractivity contribution in [3.8, 4) is 0 Å². The number of carbonyl (C=O) groups excluding carboxylic acids is 1. The maximum absolute atomic E-state index is 13.4. The van der Waals surface area contributed by atoms with Gasteiger partial charge in [-0.05, 0) is 70.6 Å². The third kappa shape index (κ3) is 31.4. The molecule has 3 aliphatic heterocycles. The summed E-state index contributed by atoms with van der Waals surface area (Å²) < 4.78 is 34.3. The fourth-order valence-electron chi connectivity index (χ4n) is 11.1. The van der Waals surface area contributed by atoms with Gasteiger partial charge in [0.1, 0.15) is 73.2 Å². The molecule has 12 N–H and O–H groups in total. The van der Waals surface area contributed by atoms with Gasteiger partial charge in [0.15, 0.2) is 18.9 Å². The third-order valence-corrected chi connectivity index (χ3v) is 16.6. The van der Waals surface area contributed by atoms with Crippen molar-refractivity contribution in [3.63, 3.8) is 0 Å². The lowest BCUT2D eigenvalue weighted by molar-refractivity contribution is -0.379. The van der Waals surface area contributed by atoms with E-state index in [1.165, 1.54) is 141 Å². The highest BCUT2D eigenvalue weighted by atomic mass is 16.8. The van der Waals surface area contributed by atoms with Crippen LogP contribution in [0.5, 0.6) is 0 Å². The second-order valence-electron chi connectivity index (χ2n) is 23.9. The van der Waals surface area contributed by atoms with Gasteiger partial charge in [0, 0.05) is 6.42 Å². The Balaban J connectivity index is 1.48. The number of hydrogen-bond donors (Lipinski definition) is 12. The van der Waals surface area contributed by atoms with Crippen LogP contribution >= 0.6 is 0 Å². The lowest BCUT2D eigenvalue weighted by atomic mass is 9.96. The Morgan fingerprint density at radius 2 is 0.753 bits per heavy atom. The van der Waals surface area contributed by atoms with Crippen molar-refractivity contribution in [3.05, 3.63) is 48.6 Å².